The van der Waals surface area contributed by atoms with Gasteiger partial charge in [0.1, 0.15) is 5.78 Å². The van der Waals surface area contributed by atoms with Crippen LogP contribution in [0.25, 0.3) is 0 Å². The van der Waals surface area contributed by atoms with Gasteiger partial charge in [0.2, 0.25) is 0 Å². The first-order chi connectivity index (χ1) is 6.97. The maximum atomic E-state index is 11.0. The topological polar surface area (TPSA) is 74.6 Å². The van der Waals surface area contributed by atoms with E-state index < -0.39 is 12.1 Å². The number of Topliss-reactive ketones (excluding diaryl/α,β-unsaturated/α-hetero) is 1. The Morgan fingerprint density at radius 1 is 1.33 bits per heavy atom. The number of carbonyl (C=O) groups is 2. The number of carboxylic acid groups (broad SMARTS) is 1. The molecule has 0 amide bonds. The molecular weight excluding hydrogens is 196 g/mol. The fraction of sp³-hybridized carbons (Fsp3) is 0.818. The lowest BCUT2D eigenvalue weighted by Crippen LogP contribution is -2.22. The van der Waals surface area contributed by atoms with Gasteiger partial charge in [0, 0.05) is 12.8 Å². The van der Waals surface area contributed by atoms with Crippen LogP contribution in [0.15, 0.2) is 0 Å². The first kappa shape index (κ1) is 14.1. The van der Waals surface area contributed by atoms with Gasteiger partial charge in [-0.2, -0.15) is 0 Å². The molecule has 0 saturated heterocycles. The van der Waals surface area contributed by atoms with Crippen LogP contribution in [0.1, 0.15) is 46.0 Å². The third kappa shape index (κ3) is 7.08. The number of ketones is 1. The van der Waals surface area contributed by atoms with Gasteiger partial charge in [0.05, 0.1) is 0 Å². The minimum Gasteiger partial charge on any atom is -0.479 e. The molecule has 2 unspecified atom stereocenters. The maximum Gasteiger partial charge on any atom is 0.332 e. The van der Waals surface area contributed by atoms with Crippen LogP contribution in [0.3, 0.4) is 0 Å². The summed E-state index contributed by atoms with van der Waals surface area (Å²) in [6, 6.07) is 0. The summed E-state index contributed by atoms with van der Waals surface area (Å²) in [5.74, 6) is -0.798. The van der Waals surface area contributed by atoms with Crippen molar-refractivity contribution in [2.24, 2.45) is 5.92 Å². The monoisotopic (exact) mass is 216 g/mol. The predicted molar refractivity (Wildman–Crippen MR) is 56.6 cm³/mol. The van der Waals surface area contributed by atoms with Gasteiger partial charge in [-0.3, -0.25) is 4.79 Å². The number of aliphatic hydroxyl groups is 1. The third-order valence-corrected chi connectivity index (χ3v) is 2.46. The average molecular weight is 216 g/mol. The van der Waals surface area contributed by atoms with Crippen molar-refractivity contribution < 1.29 is 19.8 Å². The van der Waals surface area contributed by atoms with E-state index in [1.54, 1.807) is 0 Å². The normalized spacial score (nSPS) is 14.6. The summed E-state index contributed by atoms with van der Waals surface area (Å²) in [7, 11) is 0. The molecule has 0 saturated carbocycles. The molecule has 0 aromatic carbocycles. The molecule has 0 radical (unpaired) electrons. The van der Waals surface area contributed by atoms with E-state index in [4.69, 9.17) is 10.2 Å². The molecule has 88 valence electrons. The maximum absolute atomic E-state index is 11.0. The minimum atomic E-state index is -1.28. The quantitative estimate of drug-likeness (QED) is 0.646. The highest BCUT2D eigenvalue weighted by molar-refractivity contribution is 5.77. The molecule has 0 aromatic heterocycles. The number of aliphatic carboxylic acids is 1. The van der Waals surface area contributed by atoms with E-state index in [1.807, 2.05) is 13.8 Å². The Balaban J connectivity index is 3.61. The number of hydrogen-bond acceptors (Lipinski definition) is 3. The average Bonchev–Trinajstić information content (AvgIpc) is 2.17. The molecule has 2 N–H and O–H groups in total. The highest BCUT2D eigenvalue weighted by Gasteiger charge is 2.16. The van der Waals surface area contributed by atoms with Gasteiger partial charge in [0.15, 0.2) is 6.10 Å². The highest BCUT2D eigenvalue weighted by atomic mass is 16.4. The van der Waals surface area contributed by atoms with E-state index in [1.165, 1.54) is 0 Å². The van der Waals surface area contributed by atoms with E-state index in [0.29, 0.717) is 12.8 Å². The van der Waals surface area contributed by atoms with Gasteiger partial charge in [-0.25, -0.2) is 4.79 Å². The molecule has 0 fully saturated rings. The Morgan fingerprint density at radius 2 is 1.93 bits per heavy atom. The summed E-state index contributed by atoms with van der Waals surface area (Å²) in [6.45, 7) is 3.72. The number of rotatable bonds is 8. The molecule has 15 heavy (non-hydrogen) atoms. The van der Waals surface area contributed by atoms with Crippen molar-refractivity contribution in [3.63, 3.8) is 0 Å². The van der Waals surface area contributed by atoms with Crippen LogP contribution in [0.4, 0.5) is 0 Å². The fourth-order valence-corrected chi connectivity index (χ4v) is 1.42. The van der Waals surface area contributed by atoms with Gasteiger partial charge < -0.3 is 10.2 Å². The van der Waals surface area contributed by atoms with E-state index in [2.05, 4.69) is 0 Å². The van der Waals surface area contributed by atoms with Crippen molar-refractivity contribution in [3.8, 4) is 0 Å². The van der Waals surface area contributed by atoms with Crippen molar-refractivity contribution in [1.82, 2.24) is 0 Å². The third-order valence-electron chi connectivity index (χ3n) is 2.46. The first-order valence-corrected chi connectivity index (χ1v) is 5.40. The Hall–Kier alpha value is -0.900. The molecule has 0 aromatic rings. The number of carbonyl (C=O) groups excluding carboxylic acids is 1. The summed E-state index contributed by atoms with van der Waals surface area (Å²) in [5, 5.41) is 17.6. The fourth-order valence-electron chi connectivity index (χ4n) is 1.42. The molecule has 4 heteroatoms. The Morgan fingerprint density at radius 3 is 2.40 bits per heavy atom. The zero-order chi connectivity index (χ0) is 11.8. The molecule has 2 atom stereocenters. The molecule has 0 spiro atoms. The Labute approximate surface area is 90.3 Å². The second-order valence-electron chi connectivity index (χ2n) is 3.98. The van der Waals surface area contributed by atoms with Crippen molar-refractivity contribution >= 4 is 11.8 Å². The molecule has 4 nitrogen and oxygen atoms in total. The highest BCUT2D eigenvalue weighted by Crippen LogP contribution is 2.14. The van der Waals surface area contributed by atoms with E-state index in [0.717, 1.165) is 12.8 Å². The van der Waals surface area contributed by atoms with Crippen molar-refractivity contribution in [2.45, 2.75) is 52.1 Å². The summed E-state index contributed by atoms with van der Waals surface area (Å²) >= 11 is 0. The van der Waals surface area contributed by atoms with Crippen molar-refractivity contribution in [2.75, 3.05) is 0 Å². The second kappa shape index (κ2) is 7.40. The van der Waals surface area contributed by atoms with Crippen molar-refractivity contribution in [3.05, 3.63) is 0 Å². The van der Waals surface area contributed by atoms with Crippen LogP contribution < -0.4 is 0 Å². The summed E-state index contributed by atoms with van der Waals surface area (Å²) in [5.41, 5.74) is 0. The predicted octanol–water partition coefficient (Wildman–Crippen LogP) is 1.61. The lowest BCUT2D eigenvalue weighted by molar-refractivity contribution is -0.147. The molecule has 0 aliphatic rings. The number of aliphatic hydroxyl groups excluding tert-OH is 1. The van der Waals surface area contributed by atoms with Crippen LogP contribution in [0, 0.1) is 5.92 Å². The van der Waals surface area contributed by atoms with Gasteiger partial charge in [-0.15, -0.1) is 0 Å². The van der Waals surface area contributed by atoms with Crippen LogP contribution in [-0.2, 0) is 9.59 Å². The van der Waals surface area contributed by atoms with E-state index in [-0.39, 0.29) is 18.1 Å². The van der Waals surface area contributed by atoms with E-state index >= 15 is 0 Å². The first-order valence-electron chi connectivity index (χ1n) is 5.40. The molecular formula is C11H20O4. The Kier molecular flexibility index (Phi) is 6.96. The van der Waals surface area contributed by atoms with Gasteiger partial charge in [0.25, 0.3) is 0 Å². The minimum absolute atomic E-state index is 0.140. The van der Waals surface area contributed by atoms with Gasteiger partial charge in [-0.1, -0.05) is 20.3 Å². The van der Waals surface area contributed by atoms with Crippen LogP contribution in [0.2, 0.25) is 0 Å². The molecule has 0 heterocycles. The largest absolute Gasteiger partial charge is 0.479 e. The van der Waals surface area contributed by atoms with E-state index in [9.17, 15) is 9.59 Å². The lowest BCUT2D eigenvalue weighted by atomic mass is 9.96. The zero-order valence-electron chi connectivity index (χ0n) is 9.40. The molecule has 0 aliphatic heterocycles. The summed E-state index contributed by atoms with van der Waals surface area (Å²) in [4.78, 5) is 21.3. The molecule has 0 bridgehead atoms. The molecule has 0 aliphatic carbocycles. The lowest BCUT2D eigenvalue weighted by Gasteiger charge is -2.12. The number of hydrogen-bond donors (Lipinski definition) is 2. The van der Waals surface area contributed by atoms with Gasteiger partial charge in [-0.05, 0) is 18.8 Å². The van der Waals surface area contributed by atoms with Crippen LogP contribution in [-0.4, -0.2) is 28.1 Å². The van der Waals surface area contributed by atoms with Gasteiger partial charge >= 0.3 is 5.97 Å². The van der Waals surface area contributed by atoms with Crippen molar-refractivity contribution in [1.29, 1.82) is 0 Å². The zero-order valence-corrected chi connectivity index (χ0v) is 9.40. The Bertz CT molecular complexity index is 213. The number of carboxylic acids is 1. The second-order valence-corrected chi connectivity index (χ2v) is 3.98. The van der Waals surface area contributed by atoms with Crippen LogP contribution >= 0.6 is 0 Å². The molecule has 0 rings (SSSR count). The smallest absolute Gasteiger partial charge is 0.332 e. The standard InChI is InChI=1S/C11H20O4/c1-3-9(12)6-4-5-8(2)7-10(13)11(14)15/h8,10,13H,3-7H2,1-2H3,(H,14,15). The summed E-state index contributed by atoms with van der Waals surface area (Å²) < 4.78 is 0. The van der Waals surface area contributed by atoms with Crippen LogP contribution in [0.5, 0.6) is 0 Å². The SMILES string of the molecule is CCC(=O)CCCC(C)CC(O)C(=O)O. The summed E-state index contributed by atoms with van der Waals surface area (Å²) in [6.07, 6.45) is 1.67.